The minimum absolute atomic E-state index is 0.0164. The monoisotopic (exact) mass is 341 g/mol. The van der Waals surface area contributed by atoms with E-state index in [0.717, 1.165) is 28.0 Å². The van der Waals surface area contributed by atoms with Crippen LogP contribution in [0.2, 0.25) is 0 Å². The third-order valence-electron chi connectivity index (χ3n) is 3.69. The summed E-state index contributed by atoms with van der Waals surface area (Å²) in [6.07, 6.45) is 0. The van der Waals surface area contributed by atoms with Crippen molar-refractivity contribution >= 4 is 28.6 Å². The van der Waals surface area contributed by atoms with Crippen molar-refractivity contribution in [2.24, 2.45) is 0 Å². The first-order valence-corrected chi connectivity index (χ1v) is 8.78. The number of carbonyl (C=O) groups is 1. The van der Waals surface area contributed by atoms with Gasteiger partial charge in [-0.15, -0.1) is 5.10 Å². The van der Waals surface area contributed by atoms with Crippen molar-refractivity contribution < 1.29 is 4.79 Å². The first kappa shape index (κ1) is 16.4. The second-order valence-corrected chi connectivity index (χ2v) is 6.35. The zero-order valence-electron chi connectivity index (χ0n) is 13.9. The fraction of sp³-hybridized carbons (Fsp3) is 0.294. The Morgan fingerprint density at radius 3 is 2.67 bits per heavy atom. The van der Waals surface area contributed by atoms with E-state index in [1.54, 1.807) is 0 Å². The zero-order valence-corrected chi connectivity index (χ0v) is 14.7. The molecule has 0 aliphatic heterocycles. The van der Waals surface area contributed by atoms with Crippen molar-refractivity contribution in [2.75, 3.05) is 12.3 Å². The van der Waals surface area contributed by atoms with E-state index in [9.17, 15) is 4.79 Å². The van der Waals surface area contributed by atoms with Gasteiger partial charge in [-0.25, -0.2) is 4.68 Å². The molecule has 124 valence electrons. The summed E-state index contributed by atoms with van der Waals surface area (Å²) in [5.74, 6) is 0.287. The lowest BCUT2D eigenvalue weighted by molar-refractivity contribution is -0.118. The number of para-hydroxylation sites is 1. The summed E-state index contributed by atoms with van der Waals surface area (Å²) in [5, 5.41) is 17.7. The molecule has 24 heavy (non-hydrogen) atoms. The fourth-order valence-corrected chi connectivity index (χ4v) is 3.35. The molecular formula is C17H19N5OS. The molecule has 6 nitrogen and oxygen atoms in total. The molecule has 0 unspecified atom stereocenters. The van der Waals surface area contributed by atoms with Crippen LogP contribution in [-0.2, 0) is 4.79 Å². The number of benzene rings is 1. The first-order chi connectivity index (χ1) is 11.6. The zero-order chi connectivity index (χ0) is 17.1. The first-order valence-electron chi connectivity index (χ1n) is 7.79. The highest BCUT2D eigenvalue weighted by Crippen LogP contribution is 2.29. The predicted octanol–water partition coefficient (Wildman–Crippen LogP) is 2.66. The number of nitrogens with one attached hydrogen (secondary N) is 1. The Hall–Kier alpha value is -2.41. The van der Waals surface area contributed by atoms with Crippen molar-refractivity contribution in [1.29, 1.82) is 0 Å². The lowest BCUT2D eigenvalue weighted by Crippen LogP contribution is -2.24. The Labute approximate surface area is 144 Å². The van der Waals surface area contributed by atoms with E-state index in [1.807, 2.05) is 55.8 Å². The van der Waals surface area contributed by atoms with Crippen LogP contribution < -0.4 is 5.32 Å². The van der Waals surface area contributed by atoms with Crippen LogP contribution in [0.5, 0.6) is 0 Å². The van der Waals surface area contributed by atoms with Crippen molar-refractivity contribution in [3.63, 3.8) is 0 Å². The van der Waals surface area contributed by atoms with Crippen LogP contribution in [0.3, 0.4) is 0 Å². The number of aromatic nitrogens is 4. The molecule has 1 aromatic carbocycles. The van der Waals surface area contributed by atoms with E-state index in [0.29, 0.717) is 17.3 Å². The van der Waals surface area contributed by atoms with Gasteiger partial charge in [0, 0.05) is 11.9 Å². The van der Waals surface area contributed by atoms with Gasteiger partial charge in [0.15, 0.2) is 0 Å². The number of hydrogen-bond acceptors (Lipinski definition) is 5. The van der Waals surface area contributed by atoms with Gasteiger partial charge in [0.05, 0.1) is 22.8 Å². The number of fused-ring (bicyclic) bond motifs is 1. The Balaban J connectivity index is 2.03. The van der Waals surface area contributed by atoms with E-state index in [4.69, 9.17) is 5.10 Å². The molecule has 0 radical (unpaired) electrons. The number of thioether (sulfide) groups is 1. The number of amides is 1. The van der Waals surface area contributed by atoms with Gasteiger partial charge in [-0.05, 0) is 32.9 Å². The SMILES string of the molecule is CCNC(=O)CSc1nnc(C)c2c(C)n(-c3ccccc3)nc12. The quantitative estimate of drug-likeness (QED) is 0.722. The maximum absolute atomic E-state index is 11.7. The maximum Gasteiger partial charge on any atom is 0.230 e. The van der Waals surface area contributed by atoms with Crippen molar-refractivity contribution in [2.45, 2.75) is 25.8 Å². The number of carbonyl (C=O) groups excluding carboxylic acids is 1. The summed E-state index contributed by atoms with van der Waals surface area (Å²) in [5.41, 5.74) is 3.64. The molecule has 3 aromatic rings. The highest BCUT2D eigenvalue weighted by atomic mass is 32.2. The standard InChI is InChI=1S/C17H19N5OS/c1-4-18-14(23)10-24-17-16-15(11(2)19-20-17)12(3)22(21-16)13-8-6-5-7-9-13/h5-9H,4,10H2,1-3H3,(H,18,23). The van der Waals surface area contributed by atoms with Crippen LogP contribution in [0.25, 0.3) is 16.6 Å². The van der Waals surface area contributed by atoms with Gasteiger partial charge in [0.1, 0.15) is 10.5 Å². The smallest absolute Gasteiger partial charge is 0.230 e. The van der Waals surface area contributed by atoms with Gasteiger partial charge in [-0.1, -0.05) is 30.0 Å². The minimum Gasteiger partial charge on any atom is -0.356 e. The summed E-state index contributed by atoms with van der Waals surface area (Å²) in [6, 6.07) is 9.96. The number of nitrogens with zero attached hydrogens (tertiary/aromatic N) is 4. The molecule has 1 N–H and O–H groups in total. The molecule has 7 heteroatoms. The Morgan fingerprint density at radius 1 is 1.21 bits per heavy atom. The van der Waals surface area contributed by atoms with Crippen LogP contribution in [-0.4, -0.2) is 38.2 Å². The summed E-state index contributed by atoms with van der Waals surface area (Å²) < 4.78 is 1.90. The minimum atomic E-state index is -0.0164. The molecule has 2 aromatic heterocycles. The lowest BCUT2D eigenvalue weighted by Gasteiger charge is -2.03. The van der Waals surface area contributed by atoms with Gasteiger partial charge >= 0.3 is 0 Å². The summed E-state index contributed by atoms with van der Waals surface area (Å²) in [6.45, 7) is 6.47. The molecule has 1 amide bonds. The highest BCUT2D eigenvalue weighted by Gasteiger charge is 2.17. The predicted molar refractivity (Wildman–Crippen MR) is 95.5 cm³/mol. The van der Waals surface area contributed by atoms with Crippen LogP contribution in [0, 0.1) is 13.8 Å². The number of rotatable bonds is 5. The fourth-order valence-electron chi connectivity index (χ4n) is 2.60. The summed E-state index contributed by atoms with van der Waals surface area (Å²) in [7, 11) is 0. The summed E-state index contributed by atoms with van der Waals surface area (Å²) >= 11 is 1.36. The topological polar surface area (TPSA) is 72.7 Å². The van der Waals surface area contributed by atoms with Gasteiger partial charge in [0.2, 0.25) is 5.91 Å². The van der Waals surface area contributed by atoms with Crippen LogP contribution in [0.4, 0.5) is 0 Å². The number of hydrogen-bond donors (Lipinski definition) is 1. The normalized spacial score (nSPS) is 11.0. The second kappa shape index (κ2) is 7.00. The third-order valence-corrected chi connectivity index (χ3v) is 4.64. The third kappa shape index (κ3) is 3.12. The molecule has 2 heterocycles. The van der Waals surface area contributed by atoms with Gasteiger partial charge in [-0.3, -0.25) is 4.79 Å². The molecule has 0 aliphatic rings. The molecule has 0 fully saturated rings. The summed E-state index contributed by atoms with van der Waals surface area (Å²) in [4.78, 5) is 11.7. The van der Waals surface area contributed by atoms with Crippen molar-refractivity contribution in [3.05, 3.63) is 41.7 Å². The molecule has 0 aliphatic carbocycles. The van der Waals surface area contributed by atoms with Gasteiger partial charge in [-0.2, -0.15) is 10.2 Å². The highest BCUT2D eigenvalue weighted by molar-refractivity contribution is 8.00. The molecule has 3 rings (SSSR count). The van der Waals surface area contributed by atoms with Gasteiger partial charge in [0.25, 0.3) is 0 Å². The lowest BCUT2D eigenvalue weighted by atomic mass is 10.2. The van der Waals surface area contributed by atoms with E-state index in [2.05, 4.69) is 15.5 Å². The van der Waals surface area contributed by atoms with Crippen molar-refractivity contribution in [3.8, 4) is 5.69 Å². The molecule has 0 spiro atoms. The van der Waals surface area contributed by atoms with Crippen molar-refractivity contribution in [1.82, 2.24) is 25.3 Å². The molecular weight excluding hydrogens is 322 g/mol. The molecule has 0 saturated heterocycles. The largest absolute Gasteiger partial charge is 0.356 e. The Kier molecular flexibility index (Phi) is 4.80. The van der Waals surface area contributed by atoms with E-state index < -0.39 is 0 Å². The molecule has 0 saturated carbocycles. The Morgan fingerprint density at radius 2 is 1.96 bits per heavy atom. The van der Waals surface area contributed by atoms with E-state index >= 15 is 0 Å². The van der Waals surface area contributed by atoms with Gasteiger partial charge < -0.3 is 5.32 Å². The average Bonchev–Trinajstić information content (AvgIpc) is 2.94. The second-order valence-electron chi connectivity index (χ2n) is 5.39. The maximum atomic E-state index is 11.7. The average molecular weight is 341 g/mol. The van der Waals surface area contributed by atoms with E-state index in [1.165, 1.54) is 11.8 Å². The molecule has 0 bridgehead atoms. The van der Waals surface area contributed by atoms with Crippen LogP contribution in [0.15, 0.2) is 35.4 Å². The number of aryl methyl sites for hydroxylation is 2. The van der Waals surface area contributed by atoms with E-state index in [-0.39, 0.29) is 5.91 Å². The van der Waals surface area contributed by atoms with Crippen LogP contribution in [0.1, 0.15) is 18.3 Å². The molecule has 0 atom stereocenters. The van der Waals surface area contributed by atoms with Crippen LogP contribution >= 0.6 is 11.8 Å². The Bertz CT molecular complexity index is 876.